The van der Waals surface area contributed by atoms with Gasteiger partial charge in [0.05, 0.1) is 12.0 Å². The predicted octanol–water partition coefficient (Wildman–Crippen LogP) is 5.53. The minimum absolute atomic E-state index is 0.214. The van der Waals surface area contributed by atoms with Gasteiger partial charge in [-0.15, -0.1) is 0 Å². The Kier molecular flexibility index (Phi) is 4.31. The van der Waals surface area contributed by atoms with Crippen molar-refractivity contribution in [3.63, 3.8) is 0 Å². The maximum atomic E-state index is 12.2. The van der Waals surface area contributed by atoms with Crippen LogP contribution in [-0.4, -0.2) is 24.3 Å². The lowest BCUT2D eigenvalue weighted by Crippen LogP contribution is -2.58. The normalized spacial score (nSPS) is 53.0. The van der Waals surface area contributed by atoms with Crippen molar-refractivity contribution in [2.45, 2.75) is 85.5 Å². The van der Waals surface area contributed by atoms with Crippen LogP contribution in [0.15, 0.2) is 0 Å². The van der Waals surface area contributed by atoms with E-state index in [-0.39, 0.29) is 5.41 Å². The van der Waals surface area contributed by atoms with Gasteiger partial charge in [-0.2, -0.15) is 0 Å². The molecule has 4 aliphatic carbocycles. The molecule has 4 saturated carbocycles. The number of carbonyl (C=O) groups is 1. The third-order valence-electron chi connectivity index (χ3n) is 9.77. The van der Waals surface area contributed by atoms with E-state index in [0.717, 1.165) is 38.4 Å². The lowest BCUT2D eigenvalue weighted by molar-refractivity contribution is -0.181. The van der Waals surface area contributed by atoms with Crippen molar-refractivity contribution in [1.82, 2.24) is 0 Å². The van der Waals surface area contributed by atoms with Crippen LogP contribution in [0.1, 0.15) is 85.5 Å². The van der Waals surface area contributed by atoms with Crippen molar-refractivity contribution in [2.24, 2.45) is 39.4 Å². The van der Waals surface area contributed by atoms with Crippen molar-refractivity contribution in [3.8, 4) is 0 Å². The van der Waals surface area contributed by atoms with E-state index in [2.05, 4.69) is 27.7 Å². The van der Waals surface area contributed by atoms with Crippen LogP contribution in [0.4, 0.5) is 0 Å². The molecule has 0 aromatic rings. The third-order valence-corrected chi connectivity index (χ3v) is 9.77. The first-order valence-corrected chi connectivity index (χ1v) is 11.0. The first kappa shape index (κ1) is 18.8. The topological polar surface area (TPSA) is 46.5 Å². The summed E-state index contributed by atoms with van der Waals surface area (Å²) in [5.41, 5.74) is 0.486. The highest BCUT2D eigenvalue weighted by molar-refractivity contribution is 5.75. The van der Waals surface area contributed by atoms with Gasteiger partial charge in [-0.1, -0.05) is 20.3 Å². The smallest absolute Gasteiger partial charge is 0.309 e. The largest absolute Gasteiger partial charge is 0.481 e. The Balaban J connectivity index is 1.66. The van der Waals surface area contributed by atoms with E-state index in [1.54, 1.807) is 0 Å². The van der Waals surface area contributed by atoms with Gasteiger partial charge in [0.2, 0.25) is 0 Å². The minimum atomic E-state index is -0.550. The fraction of sp³-hybridized carbons (Fsp3) is 0.957. The number of hydrogen-bond acceptors (Lipinski definition) is 2. The highest BCUT2D eigenvalue weighted by Crippen LogP contribution is 2.74. The van der Waals surface area contributed by atoms with Gasteiger partial charge in [-0.25, -0.2) is 0 Å². The average Bonchev–Trinajstić information content (AvgIpc) is 2.79. The molecule has 0 unspecified atom stereocenters. The average molecular weight is 363 g/mol. The summed E-state index contributed by atoms with van der Waals surface area (Å²) in [6.45, 7) is 10.8. The molecule has 3 nitrogen and oxygen atoms in total. The zero-order valence-electron chi connectivity index (χ0n) is 17.3. The molecular weight excluding hydrogens is 324 g/mol. The Bertz CT molecular complexity index is 588. The van der Waals surface area contributed by atoms with Gasteiger partial charge < -0.3 is 9.84 Å². The van der Waals surface area contributed by atoms with E-state index in [1.165, 1.54) is 38.5 Å². The number of aliphatic carboxylic acids is 1. The van der Waals surface area contributed by atoms with E-state index >= 15 is 0 Å². The zero-order chi connectivity index (χ0) is 18.8. The number of hydrogen-bond donors (Lipinski definition) is 1. The molecule has 1 N–H and O–H groups in total. The first-order chi connectivity index (χ1) is 12.2. The van der Waals surface area contributed by atoms with E-state index in [0.29, 0.717) is 22.7 Å². The van der Waals surface area contributed by atoms with Crippen molar-refractivity contribution in [2.75, 3.05) is 13.2 Å². The van der Waals surface area contributed by atoms with E-state index in [1.807, 2.05) is 0 Å². The summed E-state index contributed by atoms with van der Waals surface area (Å²) in [5, 5.41) is 10.0. The highest BCUT2D eigenvalue weighted by atomic mass is 16.5. The van der Waals surface area contributed by atoms with Gasteiger partial charge in [0.15, 0.2) is 0 Å². The van der Waals surface area contributed by atoms with Gasteiger partial charge in [-0.3, -0.25) is 4.79 Å². The molecule has 3 heteroatoms. The standard InChI is InChI=1S/C23H38O3/c1-5-26-15-20(2)14-23-12-9-17-21(3,18(23)8-7-16(20)13-23)10-6-11-22(17,4)19(24)25/h16-18H,5-15H2,1-4H3,(H,24,25)/t16-,17+,18+,20+,21-,22-,23+/m1/s1. The SMILES string of the molecule is CCOC[C@]1(C)C[C@@]23CC[C@H]4[C@@](C)(CCC[C@@]4(C)C(=O)O)[C@@H]2CC[C@@H]1C3. The van der Waals surface area contributed by atoms with Gasteiger partial charge in [-0.05, 0) is 99.2 Å². The molecule has 0 aromatic carbocycles. The van der Waals surface area contributed by atoms with Crippen LogP contribution in [0, 0.1) is 39.4 Å². The molecule has 0 aromatic heterocycles. The van der Waals surface area contributed by atoms with Crippen molar-refractivity contribution in [1.29, 1.82) is 0 Å². The number of carboxylic acid groups (broad SMARTS) is 1. The van der Waals surface area contributed by atoms with Gasteiger partial charge in [0.25, 0.3) is 0 Å². The molecular formula is C23H38O3. The van der Waals surface area contributed by atoms with Gasteiger partial charge >= 0.3 is 5.97 Å². The second kappa shape index (κ2) is 5.96. The van der Waals surface area contributed by atoms with E-state index < -0.39 is 11.4 Å². The van der Waals surface area contributed by atoms with E-state index in [9.17, 15) is 9.90 Å². The van der Waals surface area contributed by atoms with E-state index in [4.69, 9.17) is 4.74 Å². The summed E-state index contributed by atoms with van der Waals surface area (Å²) >= 11 is 0. The summed E-state index contributed by atoms with van der Waals surface area (Å²) in [5.74, 6) is 1.32. The molecule has 0 radical (unpaired) electrons. The minimum Gasteiger partial charge on any atom is -0.481 e. The van der Waals surface area contributed by atoms with Crippen LogP contribution in [-0.2, 0) is 9.53 Å². The molecule has 0 amide bonds. The second-order valence-corrected chi connectivity index (χ2v) is 11.0. The summed E-state index contributed by atoms with van der Waals surface area (Å²) in [4.78, 5) is 12.2. The molecule has 4 rings (SSSR count). The maximum Gasteiger partial charge on any atom is 0.309 e. The first-order valence-electron chi connectivity index (χ1n) is 11.0. The Morgan fingerprint density at radius 3 is 2.54 bits per heavy atom. The number of ether oxygens (including phenoxy) is 1. The van der Waals surface area contributed by atoms with Gasteiger partial charge in [0, 0.05) is 6.61 Å². The molecule has 0 saturated heterocycles. The van der Waals surface area contributed by atoms with Gasteiger partial charge in [0.1, 0.15) is 0 Å². The Morgan fingerprint density at radius 1 is 1.08 bits per heavy atom. The fourth-order valence-electron chi connectivity index (χ4n) is 8.71. The monoisotopic (exact) mass is 362 g/mol. The quantitative estimate of drug-likeness (QED) is 0.715. The molecule has 0 heterocycles. The lowest BCUT2D eigenvalue weighted by Gasteiger charge is -2.63. The van der Waals surface area contributed by atoms with Crippen LogP contribution in [0.3, 0.4) is 0 Å². The van der Waals surface area contributed by atoms with Crippen molar-refractivity contribution in [3.05, 3.63) is 0 Å². The molecule has 4 aliphatic rings. The summed E-state index contributed by atoms with van der Waals surface area (Å²) < 4.78 is 5.92. The van der Waals surface area contributed by atoms with Crippen molar-refractivity contribution < 1.29 is 14.6 Å². The van der Waals surface area contributed by atoms with Crippen LogP contribution in [0.5, 0.6) is 0 Å². The van der Waals surface area contributed by atoms with Crippen LogP contribution < -0.4 is 0 Å². The molecule has 4 fully saturated rings. The Morgan fingerprint density at radius 2 is 1.85 bits per heavy atom. The third kappa shape index (κ3) is 2.38. The molecule has 7 atom stereocenters. The van der Waals surface area contributed by atoms with Crippen LogP contribution in [0.25, 0.3) is 0 Å². The molecule has 0 aliphatic heterocycles. The highest BCUT2D eigenvalue weighted by Gasteiger charge is 2.67. The second-order valence-electron chi connectivity index (χ2n) is 11.0. The molecule has 148 valence electrons. The number of carboxylic acids is 1. The van der Waals surface area contributed by atoms with Crippen LogP contribution in [0.2, 0.25) is 0 Å². The molecule has 1 spiro atoms. The number of fused-ring (bicyclic) bond motifs is 3. The maximum absolute atomic E-state index is 12.2. The summed E-state index contributed by atoms with van der Waals surface area (Å²) in [6, 6.07) is 0. The molecule has 26 heavy (non-hydrogen) atoms. The lowest BCUT2D eigenvalue weighted by atomic mass is 9.41. The van der Waals surface area contributed by atoms with Crippen LogP contribution >= 0.6 is 0 Å². The zero-order valence-corrected chi connectivity index (χ0v) is 17.3. The van der Waals surface area contributed by atoms with Crippen molar-refractivity contribution >= 4 is 5.97 Å². The predicted molar refractivity (Wildman–Crippen MR) is 103 cm³/mol. The fourth-order valence-corrected chi connectivity index (χ4v) is 8.71. The molecule has 2 bridgehead atoms. The Hall–Kier alpha value is -0.570. The summed E-state index contributed by atoms with van der Waals surface area (Å²) in [6.07, 6.45) is 10.9. The summed E-state index contributed by atoms with van der Waals surface area (Å²) in [7, 11) is 0. The Labute approximate surface area is 159 Å². The number of rotatable bonds is 4.